The number of rotatable bonds is 4. The summed E-state index contributed by atoms with van der Waals surface area (Å²) in [4.78, 5) is 7.29. The third-order valence-electron chi connectivity index (χ3n) is 9.05. The molecular weight excluding hydrogens is 544 g/mol. The highest BCUT2D eigenvalue weighted by atomic mass is 15.2. The first kappa shape index (κ1) is 25.5. The van der Waals surface area contributed by atoms with Crippen LogP contribution < -0.4 is 4.90 Å². The largest absolute Gasteiger partial charge is 0.293 e. The molecule has 0 saturated heterocycles. The Morgan fingerprint density at radius 2 is 0.911 bits per heavy atom. The van der Waals surface area contributed by atoms with E-state index in [1.54, 1.807) is 0 Å². The van der Waals surface area contributed by atoms with Gasteiger partial charge < -0.3 is 0 Å². The summed E-state index contributed by atoms with van der Waals surface area (Å²) < 4.78 is 0. The van der Waals surface area contributed by atoms with Gasteiger partial charge in [0, 0.05) is 22.4 Å². The molecule has 0 aliphatic rings. The van der Waals surface area contributed by atoms with Gasteiger partial charge in [-0.15, -0.1) is 0 Å². The van der Waals surface area contributed by atoms with Crippen molar-refractivity contribution in [1.29, 1.82) is 0 Å². The van der Waals surface area contributed by atoms with Crippen LogP contribution in [0.3, 0.4) is 0 Å². The zero-order valence-corrected chi connectivity index (χ0v) is 24.6. The predicted molar refractivity (Wildman–Crippen MR) is 192 cm³/mol. The molecule has 9 rings (SSSR count). The number of benzene rings is 8. The van der Waals surface area contributed by atoms with Crippen molar-refractivity contribution in [2.75, 3.05) is 4.90 Å². The Balaban J connectivity index is 1.46. The normalized spacial score (nSPS) is 11.6. The molecule has 2 heteroatoms. The quantitative estimate of drug-likeness (QED) is 0.154. The van der Waals surface area contributed by atoms with E-state index in [4.69, 9.17) is 4.98 Å². The van der Waals surface area contributed by atoms with Gasteiger partial charge >= 0.3 is 0 Å². The standard InChI is InChI=1S/C43H28N2/c1-4-18-32-29(14-1)16-13-25-40(32)45(41-26-11-12-27-44-41)43-37-23-9-7-21-35(37)42(36-22-8-10-24-38(36)43)39-28-30-15-2-3-17-31(30)33-19-5-6-20-34(33)39/h1-28H. The van der Waals surface area contributed by atoms with E-state index in [0.717, 1.165) is 17.2 Å². The van der Waals surface area contributed by atoms with Crippen LogP contribution in [0.1, 0.15) is 0 Å². The first-order valence-electron chi connectivity index (χ1n) is 15.4. The number of aromatic nitrogens is 1. The van der Waals surface area contributed by atoms with Crippen LogP contribution >= 0.6 is 0 Å². The van der Waals surface area contributed by atoms with E-state index in [1.165, 1.54) is 65.0 Å². The summed E-state index contributed by atoms with van der Waals surface area (Å²) in [7, 11) is 0. The average Bonchev–Trinajstić information content (AvgIpc) is 3.12. The fourth-order valence-electron chi connectivity index (χ4n) is 7.15. The van der Waals surface area contributed by atoms with Gasteiger partial charge in [0.05, 0.1) is 11.4 Å². The first-order chi connectivity index (χ1) is 22.4. The van der Waals surface area contributed by atoms with E-state index in [1.807, 2.05) is 12.3 Å². The summed E-state index contributed by atoms with van der Waals surface area (Å²) in [5.74, 6) is 0.882. The lowest BCUT2D eigenvalue weighted by Crippen LogP contribution is -2.13. The Bertz CT molecular complexity index is 2490. The van der Waals surface area contributed by atoms with E-state index in [0.29, 0.717) is 0 Å². The van der Waals surface area contributed by atoms with Crippen molar-refractivity contribution in [2.24, 2.45) is 0 Å². The van der Waals surface area contributed by atoms with Crippen LogP contribution in [0.4, 0.5) is 17.2 Å². The highest BCUT2D eigenvalue weighted by Crippen LogP contribution is 2.50. The molecule has 2 nitrogen and oxygen atoms in total. The second-order valence-electron chi connectivity index (χ2n) is 11.5. The van der Waals surface area contributed by atoms with Crippen molar-refractivity contribution < 1.29 is 0 Å². The second kappa shape index (κ2) is 10.3. The molecule has 0 aliphatic heterocycles. The van der Waals surface area contributed by atoms with Crippen molar-refractivity contribution in [1.82, 2.24) is 4.98 Å². The molecule has 45 heavy (non-hydrogen) atoms. The summed E-state index contributed by atoms with van der Waals surface area (Å²) in [5, 5.41) is 12.2. The topological polar surface area (TPSA) is 16.1 Å². The molecule has 0 radical (unpaired) electrons. The van der Waals surface area contributed by atoms with Crippen LogP contribution in [0.2, 0.25) is 0 Å². The molecule has 0 unspecified atom stereocenters. The van der Waals surface area contributed by atoms with Gasteiger partial charge in [0.2, 0.25) is 0 Å². The lowest BCUT2D eigenvalue weighted by atomic mass is 9.86. The van der Waals surface area contributed by atoms with Crippen LogP contribution in [-0.2, 0) is 0 Å². The molecule has 1 aromatic heterocycles. The molecule has 0 saturated carbocycles. The lowest BCUT2D eigenvalue weighted by Gasteiger charge is -2.29. The number of nitrogens with zero attached hydrogens (tertiary/aromatic N) is 2. The highest BCUT2D eigenvalue weighted by Gasteiger charge is 2.24. The number of fused-ring (bicyclic) bond motifs is 6. The highest BCUT2D eigenvalue weighted by molar-refractivity contribution is 6.26. The van der Waals surface area contributed by atoms with Gasteiger partial charge in [-0.1, -0.05) is 140 Å². The molecule has 0 bridgehead atoms. The van der Waals surface area contributed by atoms with E-state index in [-0.39, 0.29) is 0 Å². The molecule has 210 valence electrons. The van der Waals surface area contributed by atoms with E-state index < -0.39 is 0 Å². The van der Waals surface area contributed by atoms with E-state index in [2.05, 4.69) is 163 Å². The Morgan fingerprint density at radius 1 is 0.378 bits per heavy atom. The lowest BCUT2D eigenvalue weighted by molar-refractivity contribution is 1.20. The summed E-state index contributed by atoms with van der Waals surface area (Å²) in [5.41, 5.74) is 4.74. The smallest absolute Gasteiger partial charge is 0.137 e. The van der Waals surface area contributed by atoms with Gasteiger partial charge in [-0.25, -0.2) is 4.98 Å². The molecule has 0 fully saturated rings. The van der Waals surface area contributed by atoms with Crippen LogP contribution in [0.5, 0.6) is 0 Å². The van der Waals surface area contributed by atoms with Crippen LogP contribution in [0, 0.1) is 0 Å². The molecule has 0 spiro atoms. The first-order valence-corrected chi connectivity index (χ1v) is 15.4. The van der Waals surface area contributed by atoms with Crippen LogP contribution in [0.15, 0.2) is 170 Å². The molecule has 1 heterocycles. The van der Waals surface area contributed by atoms with Crippen molar-refractivity contribution in [3.63, 3.8) is 0 Å². The van der Waals surface area contributed by atoms with Crippen molar-refractivity contribution in [3.05, 3.63) is 170 Å². The second-order valence-corrected chi connectivity index (χ2v) is 11.5. The third-order valence-corrected chi connectivity index (χ3v) is 9.05. The number of hydrogen-bond acceptors (Lipinski definition) is 2. The summed E-state index contributed by atoms with van der Waals surface area (Å²) in [6, 6.07) is 59.0. The van der Waals surface area contributed by atoms with Crippen LogP contribution in [0.25, 0.3) is 65.0 Å². The number of hydrogen-bond donors (Lipinski definition) is 0. The summed E-state index contributed by atoms with van der Waals surface area (Å²) >= 11 is 0. The summed E-state index contributed by atoms with van der Waals surface area (Å²) in [6.45, 7) is 0. The van der Waals surface area contributed by atoms with Gasteiger partial charge in [0.25, 0.3) is 0 Å². The minimum Gasteiger partial charge on any atom is -0.293 e. The van der Waals surface area contributed by atoms with Gasteiger partial charge in [-0.05, 0) is 73.1 Å². The molecule has 0 N–H and O–H groups in total. The zero-order valence-electron chi connectivity index (χ0n) is 24.6. The fourth-order valence-corrected chi connectivity index (χ4v) is 7.15. The Morgan fingerprint density at radius 3 is 1.60 bits per heavy atom. The Labute approximate surface area is 261 Å². The third kappa shape index (κ3) is 4.00. The van der Waals surface area contributed by atoms with Gasteiger partial charge in [-0.3, -0.25) is 4.90 Å². The fraction of sp³-hybridized carbons (Fsp3) is 0. The minimum atomic E-state index is 0.882. The molecular formula is C43H28N2. The van der Waals surface area contributed by atoms with Crippen molar-refractivity contribution >= 4 is 71.1 Å². The maximum atomic E-state index is 4.93. The van der Waals surface area contributed by atoms with Gasteiger partial charge in [0.1, 0.15) is 5.82 Å². The molecule has 0 aliphatic carbocycles. The van der Waals surface area contributed by atoms with Gasteiger partial charge in [-0.2, -0.15) is 0 Å². The van der Waals surface area contributed by atoms with Gasteiger partial charge in [0.15, 0.2) is 0 Å². The average molecular weight is 573 g/mol. The molecule has 0 amide bonds. The molecule has 8 aromatic carbocycles. The van der Waals surface area contributed by atoms with Crippen molar-refractivity contribution in [3.8, 4) is 11.1 Å². The predicted octanol–water partition coefficient (Wildman–Crippen LogP) is 12.0. The molecule has 0 atom stereocenters. The number of anilines is 3. The summed E-state index contributed by atoms with van der Waals surface area (Å²) in [6.07, 6.45) is 1.88. The monoisotopic (exact) mass is 572 g/mol. The van der Waals surface area contributed by atoms with E-state index in [9.17, 15) is 0 Å². The van der Waals surface area contributed by atoms with Crippen molar-refractivity contribution in [2.45, 2.75) is 0 Å². The Hall–Kier alpha value is -5.99. The number of pyridine rings is 1. The zero-order chi connectivity index (χ0) is 29.7. The maximum absolute atomic E-state index is 4.93. The molecule has 9 aromatic rings. The maximum Gasteiger partial charge on any atom is 0.137 e. The van der Waals surface area contributed by atoms with E-state index >= 15 is 0 Å². The minimum absolute atomic E-state index is 0.882. The Kier molecular flexibility index (Phi) is 5.85. The SMILES string of the molecule is c1ccc(N(c2cccc3ccccc23)c2c3ccccc3c(-c3cc4ccccc4c4ccccc34)c3ccccc23)nc1. The van der Waals surface area contributed by atoms with Crippen LogP contribution in [-0.4, -0.2) is 4.98 Å².